The molecule has 2 aromatic rings. The van der Waals surface area contributed by atoms with E-state index >= 15 is 0 Å². The van der Waals surface area contributed by atoms with Crippen molar-refractivity contribution in [3.05, 3.63) is 57.6 Å². The minimum atomic E-state index is -0.348. The number of hydrogen-bond acceptors (Lipinski definition) is 4. The van der Waals surface area contributed by atoms with Gasteiger partial charge in [0.25, 0.3) is 0 Å². The normalized spacial score (nSPS) is 16.9. The smallest absolute Gasteiger partial charge is 0.153 e. The molecule has 1 aliphatic carbocycles. The summed E-state index contributed by atoms with van der Waals surface area (Å²) in [6.45, 7) is 5.83. The number of benzene rings is 2. The number of aromatic hydroxyl groups is 2. The lowest BCUT2D eigenvalue weighted by molar-refractivity contribution is 0.111. The molecule has 1 fully saturated rings. The monoisotopic (exact) mass is 366 g/mol. The Morgan fingerprint density at radius 2 is 1.26 bits per heavy atom. The Kier molecular flexibility index (Phi) is 5.09. The molecule has 4 heteroatoms. The van der Waals surface area contributed by atoms with Crippen molar-refractivity contribution in [1.29, 1.82) is 0 Å². The molecule has 2 N–H and O–H groups in total. The van der Waals surface area contributed by atoms with Crippen LogP contribution in [-0.2, 0) is 5.41 Å². The van der Waals surface area contributed by atoms with Gasteiger partial charge in [0.05, 0.1) is 11.1 Å². The van der Waals surface area contributed by atoms with E-state index < -0.39 is 0 Å². The number of aldehydes is 2. The van der Waals surface area contributed by atoms with Gasteiger partial charge >= 0.3 is 0 Å². The van der Waals surface area contributed by atoms with Gasteiger partial charge in [0, 0.05) is 5.41 Å². The van der Waals surface area contributed by atoms with Crippen molar-refractivity contribution >= 4 is 12.6 Å². The van der Waals surface area contributed by atoms with Crippen LogP contribution in [0, 0.1) is 19.8 Å². The second kappa shape index (κ2) is 7.18. The zero-order chi connectivity index (χ0) is 19.8. The van der Waals surface area contributed by atoms with Crippen LogP contribution < -0.4 is 0 Å². The number of hydrogen-bond donors (Lipinski definition) is 2. The van der Waals surface area contributed by atoms with Crippen LogP contribution in [-0.4, -0.2) is 22.8 Å². The van der Waals surface area contributed by atoms with Crippen LogP contribution >= 0.6 is 0 Å². The van der Waals surface area contributed by atoms with Gasteiger partial charge in [0.15, 0.2) is 12.6 Å². The SMILES string of the molecule is Cc1cc(C2(c3cc(C)c(O)c(C=O)c3)CCC(C)CC2)cc(C=O)c1O. The molecule has 0 spiro atoms. The van der Waals surface area contributed by atoms with Crippen LogP contribution in [0.4, 0.5) is 0 Å². The second-order valence-electron chi connectivity index (χ2n) is 7.96. The summed E-state index contributed by atoms with van der Waals surface area (Å²) >= 11 is 0. The minimum absolute atomic E-state index is 0.0172. The summed E-state index contributed by atoms with van der Waals surface area (Å²) in [5.41, 5.74) is 3.52. The van der Waals surface area contributed by atoms with Crippen LogP contribution in [0.25, 0.3) is 0 Å². The van der Waals surface area contributed by atoms with E-state index in [1.807, 2.05) is 12.1 Å². The topological polar surface area (TPSA) is 74.6 Å². The van der Waals surface area contributed by atoms with Gasteiger partial charge in [-0.25, -0.2) is 0 Å². The third-order valence-electron chi connectivity index (χ3n) is 6.15. The molecule has 0 heterocycles. The van der Waals surface area contributed by atoms with Crippen molar-refractivity contribution in [1.82, 2.24) is 0 Å². The largest absolute Gasteiger partial charge is 0.507 e. The van der Waals surface area contributed by atoms with Gasteiger partial charge in [-0.2, -0.15) is 0 Å². The lowest BCUT2D eigenvalue weighted by atomic mass is 9.62. The fraction of sp³-hybridized carbons (Fsp3) is 0.391. The molecule has 3 rings (SSSR count). The lowest BCUT2D eigenvalue weighted by Crippen LogP contribution is -2.33. The minimum Gasteiger partial charge on any atom is -0.507 e. The molecule has 0 saturated heterocycles. The highest BCUT2D eigenvalue weighted by Gasteiger charge is 2.38. The van der Waals surface area contributed by atoms with Crippen molar-refractivity contribution in [2.75, 3.05) is 0 Å². The summed E-state index contributed by atoms with van der Waals surface area (Å²) in [5, 5.41) is 20.3. The third-order valence-corrected chi connectivity index (χ3v) is 6.15. The molecule has 0 atom stereocenters. The Morgan fingerprint density at radius 3 is 1.63 bits per heavy atom. The molecule has 0 amide bonds. The number of aryl methyl sites for hydroxylation is 2. The van der Waals surface area contributed by atoms with Crippen molar-refractivity contribution < 1.29 is 19.8 Å². The van der Waals surface area contributed by atoms with Gasteiger partial charge in [-0.1, -0.05) is 19.1 Å². The molecule has 0 aliphatic heterocycles. The molecule has 0 bridgehead atoms. The van der Waals surface area contributed by atoms with E-state index in [4.69, 9.17) is 0 Å². The molecule has 1 saturated carbocycles. The quantitative estimate of drug-likeness (QED) is 0.760. The Bertz CT molecular complexity index is 824. The molecule has 0 radical (unpaired) electrons. The number of rotatable bonds is 4. The van der Waals surface area contributed by atoms with Crippen LogP contribution in [0.5, 0.6) is 11.5 Å². The summed E-state index contributed by atoms with van der Waals surface area (Å²) in [4.78, 5) is 22.9. The molecule has 4 nitrogen and oxygen atoms in total. The van der Waals surface area contributed by atoms with E-state index in [0.29, 0.717) is 29.6 Å². The highest BCUT2D eigenvalue weighted by atomic mass is 16.3. The van der Waals surface area contributed by atoms with E-state index in [1.165, 1.54) is 0 Å². The van der Waals surface area contributed by atoms with Gasteiger partial charge in [0.2, 0.25) is 0 Å². The van der Waals surface area contributed by atoms with E-state index in [2.05, 4.69) is 6.92 Å². The van der Waals surface area contributed by atoms with Crippen molar-refractivity contribution in [2.24, 2.45) is 5.92 Å². The molecule has 0 unspecified atom stereocenters. The Morgan fingerprint density at radius 1 is 0.852 bits per heavy atom. The first-order valence-corrected chi connectivity index (χ1v) is 9.41. The third kappa shape index (κ3) is 3.25. The molecule has 142 valence electrons. The van der Waals surface area contributed by atoms with Gasteiger partial charge in [-0.15, -0.1) is 0 Å². The summed E-state index contributed by atoms with van der Waals surface area (Å²) < 4.78 is 0. The van der Waals surface area contributed by atoms with E-state index in [-0.39, 0.29) is 28.0 Å². The van der Waals surface area contributed by atoms with Gasteiger partial charge in [0.1, 0.15) is 11.5 Å². The van der Waals surface area contributed by atoms with Crippen molar-refractivity contribution in [3.8, 4) is 11.5 Å². The first-order chi connectivity index (χ1) is 12.8. The predicted molar refractivity (Wildman–Crippen MR) is 105 cm³/mol. The maximum absolute atomic E-state index is 11.5. The maximum atomic E-state index is 11.5. The molecule has 27 heavy (non-hydrogen) atoms. The average Bonchev–Trinajstić information content (AvgIpc) is 2.66. The van der Waals surface area contributed by atoms with E-state index in [9.17, 15) is 19.8 Å². The number of phenols is 2. The highest BCUT2D eigenvalue weighted by molar-refractivity contribution is 5.82. The zero-order valence-corrected chi connectivity index (χ0v) is 16.1. The molecular weight excluding hydrogens is 340 g/mol. The average molecular weight is 366 g/mol. The van der Waals surface area contributed by atoms with Crippen molar-refractivity contribution in [3.63, 3.8) is 0 Å². The highest BCUT2D eigenvalue weighted by Crippen LogP contribution is 2.48. The Hall–Kier alpha value is -2.62. The first kappa shape index (κ1) is 19.2. The van der Waals surface area contributed by atoms with Crippen LogP contribution in [0.1, 0.15) is 75.6 Å². The number of carbonyl (C=O) groups excluding carboxylic acids is 2. The van der Waals surface area contributed by atoms with Crippen LogP contribution in [0.2, 0.25) is 0 Å². The second-order valence-corrected chi connectivity index (χ2v) is 7.96. The number of phenolic OH excluding ortho intramolecular Hbond substituents is 2. The van der Waals surface area contributed by atoms with Gasteiger partial charge in [-0.3, -0.25) is 9.59 Å². The molecule has 2 aromatic carbocycles. The fourth-order valence-corrected chi connectivity index (χ4v) is 4.34. The molecule has 1 aliphatic rings. The molecular formula is C23H26O4. The van der Waals surface area contributed by atoms with Gasteiger partial charge < -0.3 is 10.2 Å². The van der Waals surface area contributed by atoms with E-state index in [0.717, 1.165) is 36.8 Å². The summed E-state index contributed by atoms with van der Waals surface area (Å²) in [6.07, 6.45) is 5.21. The van der Waals surface area contributed by atoms with Crippen LogP contribution in [0.3, 0.4) is 0 Å². The standard InChI is InChI=1S/C23H26O4/c1-14-4-6-23(7-5-14,19-8-15(2)21(26)17(10-19)12-24)20-9-16(3)22(27)18(11-20)13-25/h8-14,26-27H,4-7H2,1-3H3. The summed E-state index contributed by atoms with van der Waals surface area (Å²) in [7, 11) is 0. The fourth-order valence-electron chi connectivity index (χ4n) is 4.34. The Labute approximate surface area is 159 Å². The Balaban J connectivity index is 2.26. The maximum Gasteiger partial charge on any atom is 0.153 e. The summed E-state index contributed by atoms with van der Waals surface area (Å²) in [6, 6.07) is 7.43. The predicted octanol–water partition coefficient (Wildman–Crippen LogP) is 4.84. The number of carbonyl (C=O) groups is 2. The lowest BCUT2D eigenvalue weighted by Gasteiger charge is -2.41. The van der Waals surface area contributed by atoms with Gasteiger partial charge in [-0.05, 0) is 79.8 Å². The first-order valence-electron chi connectivity index (χ1n) is 9.41. The van der Waals surface area contributed by atoms with Crippen LogP contribution in [0.15, 0.2) is 24.3 Å². The van der Waals surface area contributed by atoms with E-state index in [1.54, 1.807) is 26.0 Å². The summed E-state index contributed by atoms with van der Waals surface area (Å²) in [5.74, 6) is 0.651. The van der Waals surface area contributed by atoms with Crippen molar-refractivity contribution in [2.45, 2.75) is 51.9 Å². The zero-order valence-electron chi connectivity index (χ0n) is 16.1. The molecule has 0 aromatic heterocycles.